The second-order valence-electron chi connectivity index (χ2n) is 7.59. The van der Waals surface area contributed by atoms with Gasteiger partial charge in [0.25, 0.3) is 0 Å². The number of benzene rings is 1. The number of fused-ring (bicyclic) bond motifs is 3. The zero-order valence-corrected chi connectivity index (χ0v) is 13.4. The molecule has 5 rings (SSSR count). The molecule has 2 aliphatic heterocycles. The molecule has 0 atom stereocenters. The van der Waals surface area contributed by atoms with Crippen LogP contribution in [-0.4, -0.2) is 17.4 Å². The van der Waals surface area contributed by atoms with Crippen LogP contribution in [0, 0.1) is 0 Å². The molecule has 2 aromatic rings. The Labute approximate surface area is 135 Å². The van der Waals surface area contributed by atoms with Crippen LogP contribution in [0.25, 0.3) is 11.1 Å². The van der Waals surface area contributed by atoms with E-state index in [1.54, 1.807) is 0 Å². The summed E-state index contributed by atoms with van der Waals surface area (Å²) in [6.07, 6.45) is 4.45. The van der Waals surface area contributed by atoms with Gasteiger partial charge in [-0.1, -0.05) is 6.07 Å². The third-order valence-electron chi connectivity index (χ3n) is 5.75. The number of nitrogens with zero attached hydrogens (tertiary/aromatic N) is 1. The van der Waals surface area contributed by atoms with Gasteiger partial charge in [-0.2, -0.15) is 0 Å². The summed E-state index contributed by atoms with van der Waals surface area (Å²) in [5.41, 5.74) is 5.49. The van der Waals surface area contributed by atoms with Crippen molar-refractivity contribution in [3.8, 4) is 11.1 Å². The predicted octanol–water partition coefficient (Wildman–Crippen LogP) is 3.44. The maximum atomic E-state index is 12.1. The first-order valence-electron chi connectivity index (χ1n) is 8.20. The van der Waals surface area contributed by atoms with Crippen molar-refractivity contribution in [3.63, 3.8) is 0 Å². The minimum atomic E-state index is -0.477. The second kappa shape index (κ2) is 3.94. The van der Waals surface area contributed by atoms with Crippen LogP contribution in [0.3, 0.4) is 0 Å². The molecule has 0 radical (unpaired) electrons. The molecule has 23 heavy (non-hydrogen) atoms. The molecule has 3 heterocycles. The van der Waals surface area contributed by atoms with Gasteiger partial charge >= 0.3 is 0 Å². The van der Waals surface area contributed by atoms with E-state index < -0.39 is 5.41 Å². The number of hydrogen-bond acceptors (Lipinski definition) is 3. The minimum Gasteiger partial charge on any atom is -0.369 e. The number of nitrogens with one attached hydrogen (secondary N) is 2. The first kappa shape index (κ1) is 13.1. The number of carbonyl (C=O) groups excluding carboxylic acids is 1. The van der Waals surface area contributed by atoms with Crippen LogP contribution in [0.15, 0.2) is 30.5 Å². The van der Waals surface area contributed by atoms with Crippen molar-refractivity contribution in [2.24, 2.45) is 0 Å². The Bertz CT molecular complexity index is 865. The lowest BCUT2D eigenvalue weighted by molar-refractivity contribution is -0.119. The van der Waals surface area contributed by atoms with Crippen LogP contribution in [0.5, 0.6) is 0 Å². The fraction of sp³-hybridized carbons (Fsp3) is 0.368. The lowest BCUT2D eigenvalue weighted by atomic mass is 9.84. The van der Waals surface area contributed by atoms with Gasteiger partial charge in [-0.05, 0) is 56.0 Å². The van der Waals surface area contributed by atoms with Crippen LogP contribution in [0.2, 0.25) is 0 Å². The molecule has 3 aliphatic rings. The highest BCUT2D eigenvalue weighted by Gasteiger charge is 2.49. The molecule has 116 valence electrons. The Hall–Kier alpha value is -2.36. The van der Waals surface area contributed by atoms with Gasteiger partial charge in [0.15, 0.2) is 0 Å². The van der Waals surface area contributed by atoms with Crippen LogP contribution >= 0.6 is 0 Å². The molecule has 2 N–H and O–H groups in total. The monoisotopic (exact) mass is 305 g/mol. The van der Waals surface area contributed by atoms with Gasteiger partial charge in [-0.3, -0.25) is 4.79 Å². The van der Waals surface area contributed by atoms with Crippen molar-refractivity contribution in [2.75, 3.05) is 17.2 Å². The van der Waals surface area contributed by atoms with E-state index in [2.05, 4.69) is 33.8 Å². The van der Waals surface area contributed by atoms with Crippen molar-refractivity contribution in [3.05, 3.63) is 41.6 Å². The van der Waals surface area contributed by atoms with E-state index in [0.29, 0.717) is 5.41 Å². The summed E-state index contributed by atoms with van der Waals surface area (Å²) in [5.74, 6) is 1.11. The smallest absolute Gasteiger partial charge is 0.234 e. The van der Waals surface area contributed by atoms with Crippen molar-refractivity contribution in [1.82, 2.24) is 4.98 Å². The Kier molecular flexibility index (Phi) is 2.24. The molecule has 0 unspecified atom stereocenters. The minimum absolute atomic E-state index is 0.0675. The summed E-state index contributed by atoms with van der Waals surface area (Å²) in [7, 11) is 0. The lowest BCUT2D eigenvalue weighted by Gasteiger charge is -2.16. The van der Waals surface area contributed by atoms with Crippen LogP contribution in [0.4, 0.5) is 11.5 Å². The van der Waals surface area contributed by atoms with Crippen LogP contribution < -0.4 is 10.6 Å². The van der Waals surface area contributed by atoms with Crippen molar-refractivity contribution >= 4 is 17.4 Å². The zero-order chi connectivity index (χ0) is 15.8. The first-order chi connectivity index (χ1) is 11.0. The first-order valence-corrected chi connectivity index (χ1v) is 8.20. The molecule has 1 saturated carbocycles. The lowest BCUT2D eigenvalue weighted by Crippen LogP contribution is -2.26. The number of rotatable bonds is 1. The number of carbonyl (C=O) groups is 1. The number of amides is 1. The van der Waals surface area contributed by atoms with E-state index in [9.17, 15) is 4.79 Å². The van der Waals surface area contributed by atoms with Gasteiger partial charge in [-0.25, -0.2) is 4.98 Å². The highest BCUT2D eigenvalue weighted by molar-refractivity contribution is 6.06. The van der Waals surface area contributed by atoms with E-state index in [1.165, 1.54) is 18.4 Å². The largest absolute Gasteiger partial charge is 0.369 e. The average molecular weight is 305 g/mol. The normalized spacial score (nSPS) is 21.6. The highest BCUT2D eigenvalue weighted by atomic mass is 16.2. The van der Waals surface area contributed by atoms with Crippen molar-refractivity contribution in [1.29, 1.82) is 0 Å². The maximum Gasteiger partial charge on any atom is 0.234 e. The van der Waals surface area contributed by atoms with Crippen molar-refractivity contribution in [2.45, 2.75) is 37.5 Å². The molecule has 1 amide bonds. The Balaban J connectivity index is 1.62. The molecule has 1 spiro atoms. The summed E-state index contributed by atoms with van der Waals surface area (Å²) < 4.78 is 0. The summed E-state index contributed by atoms with van der Waals surface area (Å²) in [4.78, 5) is 16.7. The van der Waals surface area contributed by atoms with E-state index >= 15 is 0 Å². The standard InChI is InChI=1S/C19H19N3O/c1-18(2)13-7-11(3-4-15(13)22-17(18)23)12-8-14-16(20-9-12)21-10-19(14)5-6-19/h3-4,7-9H,5-6,10H2,1-2H3,(H,20,21)(H,22,23). The quantitative estimate of drug-likeness (QED) is 0.848. The van der Waals surface area contributed by atoms with Crippen LogP contribution in [-0.2, 0) is 15.6 Å². The van der Waals surface area contributed by atoms with Gasteiger partial charge in [0, 0.05) is 35.0 Å². The summed E-state index contributed by atoms with van der Waals surface area (Å²) >= 11 is 0. The molecular weight excluding hydrogens is 286 g/mol. The topological polar surface area (TPSA) is 54.0 Å². The van der Waals surface area contributed by atoms with Gasteiger partial charge in [0.05, 0.1) is 5.41 Å². The molecule has 1 aliphatic carbocycles. The molecule has 0 bridgehead atoms. The number of aromatic nitrogens is 1. The van der Waals surface area contributed by atoms with E-state index in [4.69, 9.17) is 0 Å². The van der Waals surface area contributed by atoms with E-state index in [0.717, 1.165) is 34.7 Å². The van der Waals surface area contributed by atoms with Crippen LogP contribution in [0.1, 0.15) is 37.8 Å². The van der Waals surface area contributed by atoms with Gasteiger partial charge < -0.3 is 10.6 Å². The Morgan fingerprint density at radius 3 is 2.65 bits per heavy atom. The molecule has 0 saturated heterocycles. The average Bonchev–Trinajstić information content (AvgIpc) is 3.19. The highest BCUT2D eigenvalue weighted by Crippen LogP contribution is 2.54. The number of pyridine rings is 1. The van der Waals surface area contributed by atoms with Gasteiger partial charge in [0.2, 0.25) is 5.91 Å². The fourth-order valence-corrected chi connectivity index (χ4v) is 3.86. The third-order valence-corrected chi connectivity index (χ3v) is 5.75. The second-order valence-corrected chi connectivity index (χ2v) is 7.59. The molecular formula is C19H19N3O. The van der Waals surface area contributed by atoms with E-state index in [-0.39, 0.29) is 5.91 Å². The van der Waals surface area contributed by atoms with Crippen molar-refractivity contribution < 1.29 is 4.79 Å². The molecule has 1 fully saturated rings. The molecule has 1 aromatic heterocycles. The predicted molar refractivity (Wildman–Crippen MR) is 90.7 cm³/mol. The number of anilines is 2. The molecule has 1 aromatic carbocycles. The molecule has 4 heteroatoms. The Morgan fingerprint density at radius 2 is 1.87 bits per heavy atom. The maximum absolute atomic E-state index is 12.1. The number of hydrogen-bond donors (Lipinski definition) is 2. The van der Waals surface area contributed by atoms with Gasteiger partial charge in [-0.15, -0.1) is 0 Å². The molecule has 4 nitrogen and oxygen atoms in total. The van der Waals surface area contributed by atoms with Gasteiger partial charge in [0.1, 0.15) is 5.82 Å². The fourth-order valence-electron chi connectivity index (χ4n) is 3.86. The third kappa shape index (κ3) is 1.66. The SMILES string of the molecule is CC1(C)C(=O)Nc2ccc(-c3cnc4c(c3)C3(CC3)CN4)cc21. The summed E-state index contributed by atoms with van der Waals surface area (Å²) in [6, 6.07) is 8.51. The van der Waals surface area contributed by atoms with E-state index in [1.807, 2.05) is 26.1 Å². The summed E-state index contributed by atoms with van der Waals surface area (Å²) in [5, 5.41) is 6.39. The Morgan fingerprint density at radius 1 is 1.09 bits per heavy atom. The summed E-state index contributed by atoms with van der Waals surface area (Å²) in [6.45, 7) is 4.97. The zero-order valence-electron chi connectivity index (χ0n) is 13.4.